The van der Waals surface area contributed by atoms with E-state index in [9.17, 15) is 4.79 Å². The van der Waals surface area contributed by atoms with Crippen LogP contribution in [0.5, 0.6) is 0 Å². The van der Waals surface area contributed by atoms with Crippen molar-refractivity contribution >= 4 is 5.78 Å². The molecule has 0 amide bonds. The number of hydrogen-bond acceptors (Lipinski definition) is 2. The topological polar surface area (TPSA) is 29.1 Å². The van der Waals surface area contributed by atoms with Crippen LogP contribution in [0.25, 0.3) is 0 Å². The number of Topliss-reactive ketones (excluding diaryl/α,β-unsaturated/α-hetero) is 1. The molecule has 1 aliphatic heterocycles. The molecule has 1 aliphatic rings. The first-order chi connectivity index (χ1) is 5.70. The van der Waals surface area contributed by atoms with Gasteiger partial charge in [-0.3, -0.25) is 4.79 Å². The Bertz CT molecular complexity index is 148. The fourth-order valence-electron chi connectivity index (χ4n) is 1.60. The van der Waals surface area contributed by atoms with E-state index in [1.54, 1.807) is 0 Å². The van der Waals surface area contributed by atoms with E-state index in [2.05, 4.69) is 5.32 Å². The van der Waals surface area contributed by atoms with Gasteiger partial charge in [0.2, 0.25) is 0 Å². The van der Waals surface area contributed by atoms with Crippen LogP contribution in [0.3, 0.4) is 0 Å². The van der Waals surface area contributed by atoms with E-state index in [1.165, 1.54) is 6.42 Å². The Labute approximate surface area is 74.7 Å². The first-order valence-corrected chi connectivity index (χ1v) is 4.93. The van der Waals surface area contributed by atoms with Gasteiger partial charge in [-0.15, -0.1) is 0 Å². The molecule has 70 valence electrons. The minimum absolute atomic E-state index is 0.222. The highest BCUT2D eigenvalue weighted by molar-refractivity contribution is 5.80. The monoisotopic (exact) mass is 169 g/mol. The number of rotatable bonds is 4. The highest BCUT2D eigenvalue weighted by Gasteiger charge is 2.16. The third-order valence-electron chi connectivity index (χ3n) is 2.61. The van der Waals surface area contributed by atoms with Crippen molar-refractivity contribution in [3.8, 4) is 0 Å². The van der Waals surface area contributed by atoms with E-state index in [0.717, 1.165) is 31.8 Å². The smallest absolute Gasteiger partial charge is 0.135 e. The third-order valence-corrected chi connectivity index (χ3v) is 2.61. The highest BCUT2D eigenvalue weighted by Crippen LogP contribution is 2.15. The first-order valence-electron chi connectivity index (χ1n) is 4.93. The van der Waals surface area contributed by atoms with Gasteiger partial charge in [0.15, 0.2) is 0 Å². The minimum atomic E-state index is 0.222. The van der Waals surface area contributed by atoms with Crippen LogP contribution in [0.1, 0.15) is 33.1 Å². The molecule has 1 atom stereocenters. The molecule has 1 heterocycles. The zero-order valence-corrected chi connectivity index (χ0v) is 8.10. The summed E-state index contributed by atoms with van der Waals surface area (Å²) in [6.07, 6.45) is 3.12. The van der Waals surface area contributed by atoms with Crippen LogP contribution in [-0.4, -0.2) is 18.9 Å². The average molecular weight is 169 g/mol. The predicted molar refractivity (Wildman–Crippen MR) is 50.1 cm³/mol. The number of carbonyl (C=O) groups is 1. The molecular weight excluding hydrogens is 150 g/mol. The molecule has 1 unspecified atom stereocenters. The van der Waals surface area contributed by atoms with Crippen LogP contribution < -0.4 is 5.32 Å². The Kier molecular flexibility index (Phi) is 3.73. The van der Waals surface area contributed by atoms with Crippen molar-refractivity contribution in [2.75, 3.05) is 13.1 Å². The summed E-state index contributed by atoms with van der Waals surface area (Å²) in [5, 5.41) is 3.31. The Balaban J connectivity index is 2.12. The van der Waals surface area contributed by atoms with Crippen molar-refractivity contribution in [2.24, 2.45) is 11.8 Å². The number of hydrogen-bond donors (Lipinski definition) is 1. The fraction of sp³-hybridized carbons (Fsp3) is 0.900. The minimum Gasteiger partial charge on any atom is -0.316 e. The van der Waals surface area contributed by atoms with Crippen LogP contribution in [0, 0.1) is 11.8 Å². The summed E-state index contributed by atoms with van der Waals surface area (Å²) in [4.78, 5) is 11.3. The van der Waals surface area contributed by atoms with Gasteiger partial charge >= 0.3 is 0 Å². The Morgan fingerprint density at radius 2 is 2.33 bits per heavy atom. The SMILES string of the molecule is CC(C)C(=O)CCC1CCNC1. The van der Waals surface area contributed by atoms with Gasteiger partial charge in [-0.2, -0.15) is 0 Å². The second kappa shape index (κ2) is 4.61. The van der Waals surface area contributed by atoms with Crippen molar-refractivity contribution < 1.29 is 4.79 Å². The number of carbonyl (C=O) groups excluding carboxylic acids is 1. The molecule has 1 saturated heterocycles. The van der Waals surface area contributed by atoms with Gasteiger partial charge in [0.05, 0.1) is 0 Å². The second-order valence-corrected chi connectivity index (χ2v) is 4.02. The van der Waals surface area contributed by atoms with E-state index in [1.807, 2.05) is 13.8 Å². The van der Waals surface area contributed by atoms with E-state index < -0.39 is 0 Å². The largest absolute Gasteiger partial charge is 0.316 e. The summed E-state index contributed by atoms with van der Waals surface area (Å²) >= 11 is 0. The zero-order valence-electron chi connectivity index (χ0n) is 8.10. The Hall–Kier alpha value is -0.370. The molecule has 0 aromatic heterocycles. The molecule has 2 nitrogen and oxygen atoms in total. The van der Waals surface area contributed by atoms with Gasteiger partial charge in [-0.25, -0.2) is 0 Å². The van der Waals surface area contributed by atoms with Crippen molar-refractivity contribution in [3.05, 3.63) is 0 Å². The van der Waals surface area contributed by atoms with E-state index in [0.29, 0.717) is 5.78 Å². The Morgan fingerprint density at radius 1 is 1.58 bits per heavy atom. The van der Waals surface area contributed by atoms with E-state index in [-0.39, 0.29) is 5.92 Å². The standard InChI is InChI=1S/C10H19NO/c1-8(2)10(12)4-3-9-5-6-11-7-9/h8-9,11H,3-7H2,1-2H3. The maximum atomic E-state index is 11.3. The van der Waals surface area contributed by atoms with E-state index in [4.69, 9.17) is 0 Å². The van der Waals surface area contributed by atoms with Gasteiger partial charge < -0.3 is 5.32 Å². The third kappa shape index (κ3) is 2.94. The molecular formula is C10H19NO. The van der Waals surface area contributed by atoms with Crippen LogP contribution in [0.4, 0.5) is 0 Å². The quantitative estimate of drug-likeness (QED) is 0.692. The van der Waals surface area contributed by atoms with Crippen molar-refractivity contribution in [1.82, 2.24) is 5.32 Å². The summed E-state index contributed by atoms with van der Waals surface area (Å²) in [6.45, 7) is 6.22. The normalized spacial score (nSPS) is 23.4. The number of ketones is 1. The molecule has 1 N–H and O–H groups in total. The van der Waals surface area contributed by atoms with Crippen molar-refractivity contribution in [2.45, 2.75) is 33.1 Å². The van der Waals surface area contributed by atoms with Gasteiger partial charge in [0.25, 0.3) is 0 Å². The zero-order chi connectivity index (χ0) is 8.97. The summed E-state index contributed by atoms with van der Waals surface area (Å²) in [6, 6.07) is 0. The van der Waals surface area contributed by atoms with Crippen molar-refractivity contribution in [3.63, 3.8) is 0 Å². The van der Waals surface area contributed by atoms with Gasteiger partial charge in [-0.05, 0) is 31.8 Å². The molecule has 0 aromatic carbocycles. The van der Waals surface area contributed by atoms with Crippen molar-refractivity contribution in [1.29, 1.82) is 0 Å². The van der Waals surface area contributed by atoms with E-state index >= 15 is 0 Å². The molecule has 1 fully saturated rings. The maximum Gasteiger partial charge on any atom is 0.135 e. The lowest BCUT2D eigenvalue weighted by Gasteiger charge is -2.08. The average Bonchev–Trinajstić information content (AvgIpc) is 2.51. The Morgan fingerprint density at radius 3 is 2.83 bits per heavy atom. The van der Waals surface area contributed by atoms with Crippen LogP contribution >= 0.6 is 0 Å². The molecule has 0 aromatic rings. The highest BCUT2D eigenvalue weighted by atomic mass is 16.1. The van der Waals surface area contributed by atoms with Gasteiger partial charge in [-0.1, -0.05) is 13.8 Å². The number of nitrogens with one attached hydrogen (secondary N) is 1. The molecule has 0 aliphatic carbocycles. The molecule has 2 heteroatoms. The van der Waals surface area contributed by atoms with Gasteiger partial charge in [0, 0.05) is 12.3 Å². The molecule has 0 bridgehead atoms. The molecule has 0 radical (unpaired) electrons. The summed E-state index contributed by atoms with van der Waals surface area (Å²) < 4.78 is 0. The molecule has 0 saturated carbocycles. The lowest BCUT2D eigenvalue weighted by atomic mass is 9.97. The molecule has 1 rings (SSSR count). The lowest BCUT2D eigenvalue weighted by Crippen LogP contribution is -2.12. The lowest BCUT2D eigenvalue weighted by molar-refractivity contribution is -0.122. The predicted octanol–water partition coefficient (Wildman–Crippen LogP) is 1.60. The second-order valence-electron chi connectivity index (χ2n) is 4.02. The maximum absolute atomic E-state index is 11.3. The van der Waals surface area contributed by atoms with Gasteiger partial charge in [0.1, 0.15) is 5.78 Å². The molecule has 12 heavy (non-hydrogen) atoms. The first kappa shape index (κ1) is 9.72. The van der Waals surface area contributed by atoms with Crippen LogP contribution in [0.2, 0.25) is 0 Å². The summed E-state index contributed by atoms with van der Waals surface area (Å²) in [7, 11) is 0. The van der Waals surface area contributed by atoms with Crippen LogP contribution in [-0.2, 0) is 4.79 Å². The molecule has 0 spiro atoms. The summed E-state index contributed by atoms with van der Waals surface area (Å²) in [5.74, 6) is 1.40. The van der Waals surface area contributed by atoms with Crippen LogP contribution in [0.15, 0.2) is 0 Å². The summed E-state index contributed by atoms with van der Waals surface area (Å²) in [5.41, 5.74) is 0. The fourth-order valence-corrected chi connectivity index (χ4v) is 1.60.